The predicted molar refractivity (Wildman–Crippen MR) is 94.4 cm³/mol. The zero-order valence-corrected chi connectivity index (χ0v) is 14.5. The lowest BCUT2D eigenvalue weighted by atomic mass is 10.1. The van der Waals surface area contributed by atoms with Crippen LogP contribution in [0.2, 0.25) is 0 Å². The average Bonchev–Trinajstić information content (AvgIpc) is 3.13. The molecule has 7 nitrogen and oxygen atoms in total. The minimum Gasteiger partial charge on any atom is -0.489 e. The fourth-order valence-electron chi connectivity index (χ4n) is 2.44. The van der Waals surface area contributed by atoms with Gasteiger partial charge in [0, 0.05) is 12.1 Å². The SMILES string of the molecule is CCCn1nnnc1COC(=O)c1ccccc1COc1ccccc1. The van der Waals surface area contributed by atoms with Gasteiger partial charge < -0.3 is 9.47 Å². The molecule has 0 spiro atoms. The van der Waals surface area contributed by atoms with Crippen LogP contribution in [0.4, 0.5) is 0 Å². The number of benzene rings is 2. The van der Waals surface area contributed by atoms with Gasteiger partial charge >= 0.3 is 5.97 Å². The highest BCUT2D eigenvalue weighted by molar-refractivity contribution is 5.91. The second-order valence-corrected chi connectivity index (χ2v) is 5.65. The van der Waals surface area contributed by atoms with Crippen molar-refractivity contribution in [3.63, 3.8) is 0 Å². The lowest BCUT2D eigenvalue weighted by Gasteiger charge is -2.11. The fourth-order valence-corrected chi connectivity index (χ4v) is 2.44. The number of nitrogens with zero attached hydrogens (tertiary/aromatic N) is 4. The summed E-state index contributed by atoms with van der Waals surface area (Å²) >= 11 is 0. The van der Waals surface area contributed by atoms with E-state index in [-0.39, 0.29) is 13.2 Å². The highest BCUT2D eigenvalue weighted by Crippen LogP contribution is 2.16. The van der Waals surface area contributed by atoms with Crippen LogP contribution < -0.4 is 4.74 Å². The van der Waals surface area contributed by atoms with E-state index >= 15 is 0 Å². The molecule has 0 amide bonds. The van der Waals surface area contributed by atoms with Crippen LogP contribution in [0.1, 0.15) is 35.1 Å². The molecule has 1 aromatic heterocycles. The molecule has 0 unspecified atom stereocenters. The molecule has 3 aromatic rings. The quantitative estimate of drug-likeness (QED) is 0.580. The topological polar surface area (TPSA) is 79.1 Å². The van der Waals surface area contributed by atoms with E-state index in [0.717, 1.165) is 17.7 Å². The third-order valence-electron chi connectivity index (χ3n) is 3.75. The summed E-state index contributed by atoms with van der Waals surface area (Å²) in [7, 11) is 0. The summed E-state index contributed by atoms with van der Waals surface area (Å²) in [6, 6.07) is 16.7. The first-order chi connectivity index (χ1) is 12.8. The molecule has 2 aromatic carbocycles. The summed E-state index contributed by atoms with van der Waals surface area (Å²) < 4.78 is 12.8. The number of hydrogen-bond acceptors (Lipinski definition) is 6. The number of carbonyl (C=O) groups excluding carboxylic acids is 1. The molecule has 0 saturated heterocycles. The molecule has 0 fully saturated rings. The highest BCUT2D eigenvalue weighted by Gasteiger charge is 2.15. The van der Waals surface area contributed by atoms with Gasteiger partial charge in [0.1, 0.15) is 12.4 Å². The smallest absolute Gasteiger partial charge is 0.338 e. The summed E-state index contributed by atoms with van der Waals surface area (Å²) in [5, 5.41) is 11.4. The molecular formula is C19H20N4O3. The van der Waals surface area contributed by atoms with E-state index in [1.165, 1.54) is 0 Å². The Morgan fingerprint density at radius 2 is 1.81 bits per heavy atom. The van der Waals surface area contributed by atoms with Crippen molar-refractivity contribution in [1.82, 2.24) is 20.2 Å². The van der Waals surface area contributed by atoms with E-state index in [1.54, 1.807) is 16.8 Å². The van der Waals surface area contributed by atoms with Crippen LogP contribution in [-0.4, -0.2) is 26.2 Å². The number of rotatable bonds is 8. The van der Waals surface area contributed by atoms with E-state index in [1.807, 2.05) is 49.4 Å². The van der Waals surface area contributed by atoms with Crippen LogP contribution in [0.25, 0.3) is 0 Å². The van der Waals surface area contributed by atoms with Gasteiger partial charge in [-0.25, -0.2) is 9.48 Å². The molecule has 134 valence electrons. The summed E-state index contributed by atoms with van der Waals surface area (Å²) in [4.78, 5) is 12.5. The number of esters is 1. The van der Waals surface area contributed by atoms with Crippen molar-refractivity contribution in [2.45, 2.75) is 33.1 Å². The van der Waals surface area contributed by atoms with Gasteiger partial charge in [0.25, 0.3) is 0 Å². The maximum atomic E-state index is 12.5. The zero-order chi connectivity index (χ0) is 18.2. The third-order valence-corrected chi connectivity index (χ3v) is 3.75. The normalized spacial score (nSPS) is 10.5. The number of aryl methyl sites for hydroxylation is 1. The minimum absolute atomic E-state index is 0.0275. The number of aromatic nitrogens is 4. The number of para-hydroxylation sites is 1. The molecule has 26 heavy (non-hydrogen) atoms. The van der Waals surface area contributed by atoms with Gasteiger partial charge in [-0.05, 0) is 35.0 Å². The van der Waals surface area contributed by atoms with Crippen molar-refractivity contribution >= 4 is 5.97 Å². The minimum atomic E-state index is -0.427. The van der Waals surface area contributed by atoms with Crippen molar-refractivity contribution in [3.8, 4) is 5.75 Å². The Morgan fingerprint density at radius 1 is 1.04 bits per heavy atom. The lowest BCUT2D eigenvalue weighted by Crippen LogP contribution is -2.13. The van der Waals surface area contributed by atoms with E-state index in [2.05, 4.69) is 15.5 Å². The molecule has 0 radical (unpaired) electrons. The molecule has 0 aliphatic rings. The van der Waals surface area contributed by atoms with E-state index < -0.39 is 5.97 Å². The molecule has 1 heterocycles. The molecule has 0 saturated carbocycles. The Labute approximate surface area is 151 Å². The first-order valence-corrected chi connectivity index (χ1v) is 8.46. The van der Waals surface area contributed by atoms with E-state index in [4.69, 9.17) is 9.47 Å². The molecule has 0 N–H and O–H groups in total. The highest BCUT2D eigenvalue weighted by atomic mass is 16.5. The van der Waals surface area contributed by atoms with Gasteiger partial charge in [-0.2, -0.15) is 0 Å². The summed E-state index contributed by atoms with van der Waals surface area (Å²) in [6.07, 6.45) is 0.894. The van der Waals surface area contributed by atoms with Crippen molar-refractivity contribution in [2.24, 2.45) is 0 Å². The first kappa shape index (κ1) is 17.6. The van der Waals surface area contributed by atoms with Crippen molar-refractivity contribution in [2.75, 3.05) is 0 Å². The van der Waals surface area contributed by atoms with E-state index in [0.29, 0.717) is 17.9 Å². The van der Waals surface area contributed by atoms with Gasteiger partial charge in [0.15, 0.2) is 12.4 Å². The van der Waals surface area contributed by atoms with Crippen LogP contribution in [-0.2, 0) is 24.5 Å². The Kier molecular flexibility index (Phi) is 5.92. The second-order valence-electron chi connectivity index (χ2n) is 5.65. The molecule has 7 heteroatoms. The van der Waals surface area contributed by atoms with Crippen molar-refractivity contribution < 1.29 is 14.3 Å². The summed E-state index contributed by atoms with van der Waals surface area (Å²) in [5.41, 5.74) is 1.23. The number of hydrogen-bond donors (Lipinski definition) is 0. The molecule has 3 rings (SSSR count). The molecular weight excluding hydrogens is 332 g/mol. The van der Waals surface area contributed by atoms with E-state index in [9.17, 15) is 4.79 Å². The Hall–Kier alpha value is -3.22. The zero-order valence-electron chi connectivity index (χ0n) is 14.5. The summed E-state index contributed by atoms with van der Waals surface area (Å²) in [6.45, 7) is 3.02. The molecule has 0 atom stereocenters. The predicted octanol–water partition coefficient (Wildman–Crippen LogP) is 3.02. The lowest BCUT2D eigenvalue weighted by molar-refractivity contribution is 0.0453. The number of tetrazole rings is 1. The van der Waals surface area contributed by atoms with Crippen LogP contribution >= 0.6 is 0 Å². The van der Waals surface area contributed by atoms with Gasteiger partial charge in [0.2, 0.25) is 0 Å². The molecule has 0 bridgehead atoms. The van der Waals surface area contributed by atoms with Gasteiger partial charge in [-0.3, -0.25) is 0 Å². The Bertz CT molecular complexity index is 849. The molecule has 0 aliphatic heterocycles. The standard InChI is InChI=1S/C19H20N4O3/c1-2-12-23-18(20-21-22-23)14-26-19(24)17-11-7-6-8-15(17)13-25-16-9-4-3-5-10-16/h3-11H,2,12-14H2,1H3. The third kappa shape index (κ3) is 4.44. The average molecular weight is 352 g/mol. The van der Waals surface area contributed by atoms with Gasteiger partial charge in [0.05, 0.1) is 5.56 Å². The number of carbonyl (C=O) groups is 1. The van der Waals surface area contributed by atoms with Crippen LogP contribution in [0.15, 0.2) is 54.6 Å². The second kappa shape index (κ2) is 8.75. The van der Waals surface area contributed by atoms with Gasteiger partial charge in [-0.15, -0.1) is 5.10 Å². The van der Waals surface area contributed by atoms with Crippen LogP contribution in [0.3, 0.4) is 0 Å². The Balaban J connectivity index is 1.64. The fraction of sp³-hybridized carbons (Fsp3) is 0.263. The van der Waals surface area contributed by atoms with Crippen molar-refractivity contribution in [3.05, 3.63) is 71.5 Å². The van der Waals surface area contributed by atoms with Crippen LogP contribution in [0.5, 0.6) is 5.75 Å². The maximum absolute atomic E-state index is 12.5. The monoisotopic (exact) mass is 352 g/mol. The maximum Gasteiger partial charge on any atom is 0.338 e. The largest absolute Gasteiger partial charge is 0.489 e. The molecule has 0 aliphatic carbocycles. The van der Waals surface area contributed by atoms with Crippen LogP contribution in [0, 0.1) is 0 Å². The summed E-state index contributed by atoms with van der Waals surface area (Å²) in [5.74, 6) is 0.843. The Morgan fingerprint density at radius 3 is 2.62 bits per heavy atom. The first-order valence-electron chi connectivity index (χ1n) is 8.46. The number of ether oxygens (including phenoxy) is 2. The van der Waals surface area contributed by atoms with Crippen molar-refractivity contribution in [1.29, 1.82) is 0 Å². The van der Waals surface area contributed by atoms with Gasteiger partial charge in [-0.1, -0.05) is 43.3 Å².